The Morgan fingerprint density at radius 1 is 1.10 bits per heavy atom. The highest BCUT2D eigenvalue weighted by Crippen LogP contribution is 2.22. The van der Waals surface area contributed by atoms with Crippen molar-refractivity contribution in [2.45, 2.75) is 50.0 Å². The molecule has 0 heterocycles. The van der Waals surface area contributed by atoms with Crippen molar-refractivity contribution in [3.63, 3.8) is 0 Å². The van der Waals surface area contributed by atoms with Crippen LogP contribution < -0.4 is 0 Å². The predicted molar refractivity (Wildman–Crippen MR) is 110 cm³/mol. The molecule has 0 spiro atoms. The van der Waals surface area contributed by atoms with E-state index in [0.717, 1.165) is 18.1 Å². The van der Waals surface area contributed by atoms with E-state index in [4.69, 9.17) is 8.92 Å². The summed E-state index contributed by atoms with van der Waals surface area (Å²) in [4.78, 5) is 22.3. The maximum atomic E-state index is 12.6. The second kappa shape index (κ2) is 11.4. The fourth-order valence-corrected chi connectivity index (χ4v) is 3.81. The monoisotopic (exact) mass is 435 g/mol. The van der Waals surface area contributed by atoms with Gasteiger partial charge in [0.1, 0.15) is 4.90 Å². The first kappa shape index (κ1) is 23.5. The summed E-state index contributed by atoms with van der Waals surface area (Å²) in [5.41, 5.74) is 0.669. The van der Waals surface area contributed by atoms with E-state index in [9.17, 15) is 23.3 Å². The average Bonchev–Trinajstić information content (AvgIpc) is 2.74. The van der Waals surface area contributed by atoms with E-state index in [1.165, 1.54) is 18.2 Å². The minimum absolute atomic E-state index is 0.133. The number of ether oxygens (including phenoxy) is 1. The molecule has 0 aliphatic rings. The van der Waals surface area contributed by atoms with Gasteiger partial charge in [0, 0.05) is 12.1 Å². The van der Waals surface area contributed by atoms with Crippen LogP contribution in [0.5, 0.6) is 0 Å². The van der Waals surface area contributed by atoms with E-state index < -0.39 is 27.1 Å². The van der Waals surface area contributed by atoms with Gasteiger partial charge in [0.2, 0.25) is 0 Å². The zero-order valence-corrected chi connectivity index (χ0v) is 17.5. The molecule has 30 heavy (non-hydrogen) atoms. The lowest BCUT2D eigenvalue weighted by Gasteiger charge is -2.17. The van der Waals surface area contributed by atoms with Crippen LogP contribution in [0.2, 0.25) is 0 Å². The Bertz CT molecular complexity index is 945. The molecule has 0 aliphatic carbocycles. The van der Waals surface area contributed by atoms with E-state index in [1.54, 1.807) is 0 Å². The van der Waals surface area contributed by atoms with Crippen molar-refractivity contribution in [1.82, 2.24) is 0 Å². The number of aryl methyl sites for hydroxylation is 1. The third kappa shape index (κ3) is 7.23. The number of nitrogens with zero attached hydrogens (tertiary/aromatic N) is 1. The van der Waals surface area contributed by atoms with E-state index in [2.05, 4.69) is 0 Å². The molecule has 0 amide bonds. The van der Waals surface area contributed by atoms with Crippen LogP contribution in [-0.2, 0) is 30.3 Å². The summed E-state index contributed by atoms with van der Waals surface area (Å²) >= 11 is 0. The van der Waals surface area contributed by atoms with Crippen molar-refractivity contribution >= 4 is 21.8 Å². The maximum absolute atomic E-state index is 12.6. The largest absolute Gasteiger partial charge is 0.464 e. The van der Waals surface area contributed by atoms with Gasteiger partial charge in [-0.3, -0.25) is 14.3 Å². The standard InChI is InChI=1S/C21H25NO7S/c1-2-3-15-28-21(23)20(14-7-11-17-9-5-4-6-10-17)29-30(26,27)19-13-8-12-18(16-19)22(24)25/h4-6,8-10,12-13,16,20H,2-3,7,11,14-15H2,1H3/t20-/m1/s1. The van der Waals surface area contributed by atoms with Crippen molar-refractivity contribution in [3.8, 4) is 0 Å². The van der Waals surface area contributed by atoms with E-state index in [0.29, 0.717) is 19.3 Å². The molecule has 9 heteroatoms. The molecule has 0 aromatic heterocycles. The molecule has 0 aliphatic heterocycles. The summed E-state index contributed by atoms with van der Waals surface area (Å²) in [6, 6.07) is 14.1. The first-order chi connectivity index (χ1) is 14.3. The number of carbonyl (C=O) groups excluding carboxylic acids is 1. The summed E-state index contributed by atoms with van der Waals surface area (Å²) < 4.78 is 35.6. The van der Waals surface area contributed by atoms with Gasteiger partial charge in [-0.15, -0.1) is 0 Å². The highest BCUT2D eigenvalue weighted by atomic mass is 32.2. The summed E-state index contributed by atoms with van der Waals surface area (Å²) in [7, 11) is -4.39. The van der Waals surface area contributed by atoms with Gasteiger partial charge < -0.3 is 4.74 Å². The van der Waals surface area contributed by atoms with E-state index in [1.807, 2.05) is 37.3 Å². The molecule has 0 N–H and O–H groups in total. The molecule has 0 saturated carbocycles. The average molecular weight is 435 g/mol. The van der Waals surface area contributed by atoms with Crippen LogP contribution in [0.4, 0.5) is 5.69 Å². The molecular formula is C21H25NO7S. The molecule has 1 atom stereocenters. The van der Waals surface area contributed by atoms with Crippen LogP contribution in [0.15, 0.2) is 59.5 Å². The van der Waals surface area contributed by atoms with Gasteiger partial charge in [0.05, 0.1) is 11.5 Å². The second-order valence-corrected chi connectivity index (χ2v) is 8.26. The number of nitro benzene ring substituents is 1. The number of non-ortho nitro benzene ring substituents is 1. The Morgan fingerprint density at radius 2 is 1.83 bits per heavy atom. The van der Waals surface area contributed by atoms with E-state index in [-0.39, 0.29) is 23.6 Å². The van der Waals surface area contributed by atoms with E-state index >= 15 is 0 Å². The smallest absolute Gasteiger partial charge is 0.336 e. The highest BCUT2D eigenvalue weighted by molar-refractivity contribution is 7.86. The number of benzene rings is 2. The van der Waals surface area contributed by atoms with Crippen molar-refractivity contribution in [2.75, 3.05) is 6.61 Å². The second-order valence-electron chi connectivity index (χ2n) is 6.69. The molecule has 0 unspecified atom stereocenters. The summed E-state index contributed by atoms with van der Waals surface area (Å²) in [6.07, 6.45) is 1.42. The molecule has 2 rings (SSSR count). The minimum atomic E-state index is -4.39. The van der Waals surface area contributed by atoms with Gasteiger partial charge in [-0.05, 0) is 37.3 Å². The number of nitro groups is 1. The first-order valence-corrected chi connectivity index (χ1v) is 11.1. The third-order valence-corrected chi connectivity index (χ3v) is 5.66. The lowest BCUT2D eigenvalue weighted by molar-refractivity contribution is -0.385. The fourth-order valence-electron chi connectivity index (χ4n) is 2.71. The molecule has 0 bridgehead atoms. The Hall–Kier alpha value is -2.78. The third-order valence-electron chi connectivity index (χ3n) is 4.34. The van der Waals surface area contributed by atoms with Crippen LogP contribution in [0.3, 0.4) is 0 Å². The number of carbonyl (C=O) groups is 1. The van der Waals surface area contributed by atoms with Crippen molar-refractivity contribution in [1.29, 1.82) is 0 Å². The van der Waals surface area contributed by atoms with Gasteiger partial charge in [0.25, 0.3) is 15.8 Å². The van der Waals surface area contributed by atoms with Gasteiger partial charge in [0.15, 0.2) is 6.10 Å². The molecule has 0 radical (unpaired) electrons. The molecule has 0 saturated heterocycles. The molecule has 0 fully saturated rings. The van der Waals surface area contributed by atoms with Crippen LogP contribution in [0.25, 0.3) is 0 Å². The topological polar surface area (TPSA) is 113 Å². The zero-order valence-electron chi connectivity index (χ0n) is 16.7. The van der Waals surface area contributed by atoms with Gasteiger partial charge >= 0.3 is 5.97 Å². The molecule has 2 aromatic rings. The molecule has 2 aromatic carbocycles. The zero-order chi connectivity index (χ0) is 22.0. The number of unbranched alkanes of at least 4 members (excludes halogenated alkanes) is 1. The van der Waals surface area contributed by atoms with Crippen molar-refractivity contribution < 1.29 is 27.1 Å². The number of esters is 1. The number of rotatable bonds is 12. The highest BCUT2D eigenvalue weighted by Gasteiger charge is 2.29. The quantitative estimate of drug-likeness (QED) is 0.163. The van der Waals surface area contributed by atoms with Gasteiger partial charge in [-0.25, -0.2) is 4.79 Å². The fraction of sp³-hybridized carbons (Fsp3) is 0.381. The predicted octanol–water partition coefficient (Wildman–Crippen LogP) is 4.03. The van der Waals surface area contributed by atoms with Crippen molar-refractivity contribution in [3.05, 3.63) is 70.3 Å². The van der Waals surface area contributed by atoms with Gasteiger partial charge in [-0.2, -0.15) is 8.42 Å². The summed E-state index contributed by atoms with van der Waals surface area (Å²) in [5, 5.41) is 10.9. The Labute approximate surface area is 176 Å². The van der Waals surface area contributed by atoms with Crippen LogP contribution in [0.1, 0.15) is 38.2 Å². The summed E-state index contributed by atoms with van der Waals surface area (Å²) in [5.74, 6) is -0.759. The molecule has 162 valence electrons. The maximum Gasteiger partial charge on any atom is 0.336 e. The normalized spacial score (nSPS) is 12.3. The van der Waals surface area contributed by atoms with Crippen LogP contribution in [-0.4, -0.2) is 32.0 Å². The first-order valence-electron chi connectivity index (χ1n) is 9.72. The van der Waals surface area contributed by atoms with Crippen LogP contribution >= 0.6 is 0 Å². The SMILES string of the molecule is CCCCOC(=O)[C@@H](CCCc1ccccc1)OS(=O)(=O)c1cccc([N+](=O)[O-])c1. The number of hydrogen-bond donors (Lipinski definition) is 0. The number of hydrogen-bond acceptors (Lipinski definition) is 7. The van der Waals surface area contributed by atoms with Gasteiger partial charge in [-0.1, -0.05) is 49.7 Å². The van der Waals surface area contributed by atoms with Crippen molar-refractivity contribution in [2.24, 2.45) is 0 Å². The Kier molecular flexibility index (Phi) is 8.94. The molecule has 8 nitrogen and oxygen atoms in total. The lowest BCUT2D eigenvalue weighted by atomic mass is 10.1. The molecular weight excluding hydrogens is 410 g/mol. The summed E-state index contributed by atoms with van der Waals surface area (Å²) in [6.45, 7) is 2.11. The van der Waals surface area contributed by atoms with Crippen LogP contribution in [0, 0.1) is 10.1 Å². The Morgan fingerprint density at radius 3 is 2.50 bits per heavy atom. The minimum Gasteiger partial charge on any atom is -0.464 e. The Balaban J connectivity index is 2.12. The lowest BCUT2D eigenvalue weighted by Crippen LogP contribution is -2.30.